The summed E-state index contributed by atoms with van der Waals surface area (Å²) in [6, 6.07) is 3.74. The third-order valence-electron chi connectivity index (χ3n) is 2.42. The number of hydrogen-bond acceptors (Lipinski definition) is 3. The average Bonchev–Trinajstić information content (AvgIpc) is 2.36. The molecule has 0 saturated carbocycles. The average molecular weight is 277 g/mol. The number of nitrogens with zero attached hydrogens (tertiary/aromatic N) is 1. The topological polar surface area (TPSA) is 49.8 Å². The van der Waals surface area contributed by atoms with Crippen molar-refractivity contribution in [1.29, 1.82) is 0 Å². The molecule has 1 aromatic carbocycles. The lowest BCUT2D eigenvalue weighted by atomic mass is 10.1. The van der Waals surface area contributed by atoms with Gasteiger partial charge in [0.1, 0.15) is 17.1 Å². The van der Waals surface area contributed by atoms with E-state index in [0.29, 0.717) is 4.90 Å². The monoisotopic (exact) mass is 277 g/mol. The first kappa shape index (κ1) is 15.3. The number of benzene rings is 1. The van der Waals surface area contributed by atoms with Crippen molar-refractivity contribution >= 4 is 5.91 Å². The number of carbonyl (C=O) groups excluding carboxylic acids is 1. The van der Waals surface area contributed by atoms with Gasteiger partial charge in [-0.05, 0) is 12.1 Å². The second-order valence-electron chi connectivity index (χ2n) is 3.68. The molecule has 0 aliphatic carbocycles. The van der Waals surface area contributed by atoms with E-state index in [1.54, 1.807) is 0 Å². The van der Waals surface area contributed by atoms with E-state index in [-0.39, 0.29) is 12.3 Å². The molecule has 0 heterocycles. The van der Waals surface area contributed by atoms with Gasteiger partial charge in [0.05, 0.1) is 20.3 Å². The number of aliphatic hydroxyl groups excluding tert-OH is 1. The van der Waals surface area contributed by atoms with Crippen LogP contribution in [0.3, 0.4) is 0 Å². The number of ether oxygens (including phenoxy) is 1. The summed E-state index contributed by atoms with van der Waals surface area (Å²) in [5.41, 5.74) is -0.417. The SMILES string of the molecule is COc1cccc(F)c1C(=O)N(CCO)CC(F)F. The number of carbonyl (C=O) groups is 1. The third-order valence-corrected chi connectivity index (χ3v) is 2.42. The number of hydrogen-bond donors (Lipinski definition) is 1. The largest absolute Gasteiger partial charge is 0.496 e. The van der Waals surface area contributed by atoms with Gasteiger partial charge in [-0.3, -0.25) is 4.79 Å². The predicted octanol–water partition coefficient (Wildman–Crippen LogP) is 1.53. The molecule has 1 N–H and O–H groups in total. The summed E-state index contributed by atoms with van der Waals surface area (Å²) in [7, 11) is 1.25. The number of methoxy groups -OCH3 is 1. The molecule has 0 bridgehead atoms. The third kappa shape index (κ3) is 3.85. The van der Waals surface area contributed by atoms with Crippen molar-refractivity contribution in [1.82, 2.24) is 4.90 Å². The van der Waals surface area contributed by atoms with E-state index in [1.165, 1.54) is 19.2 Å². The number of rotatable bonds is 6. The summed E-state index contributed by atoms with van der Waals surface area (Å²) in [5.74, 6) is -1.84. The van der Waals surface area contributed by atoms with E-state index in [9.17, 15) is 18.0 Å². The van der Waals surface area contributed by atoms with Gasteiger partial charge in [0.25, 0.3) is 12.3 Å². The Morgan fingerprint density at radius 2 is 2.16 bits per heavy atom. The van der Waals surface area contributed by atoms with E-state index >= 15 is 0 Å². The zero-order chi connectivity index (χ0) is 14.4. The molecule has 0 unspecified atom stereocenters. The molecular formula is C12H14F3NO3. The Balaban J connectivity index is 3.08. The van der Waals surface area contributed by atoms with Gasteiger partial charge in [0.2, 0.25) is 0 Å². The predicted molar refractivity (Wildman–Crippen MR) is 61.9 cm³/mol. The van der Waals surface area contributed by atoms with Crippen molar-refractivity contribution in [3.8, 4) is 5.75 Å². The summed E-state index contributed by atoms with van der Waals surface area (Å²) in [4.78, 5) is 12.7. The molecule has 0 fully saturated rings. The van der Waals surface area contributed by atoms with Gasteiger partial charge < -0.3 is 14.7 Å². The van der Waals surface area contributed by atoms with Gasteiger partial charge in [-0.15, -0.1) is 0 Å². The minimum absolute atomic E-state index is 0.0396. The zero-order valence-electron chi connectivity index (χ0n) is 10.3. The molecule has 1 amide bonds. The van der Waals surface area contributed by atoms with Crippen molar-refractivity contribution in [2.75, 3.05) is 26.8 Å². The Morgan fingerprint density at radius 3 is 2.68 bits per heavy atom. The molecule has 7 heteroatoms. The van der Waals surface area contributed by atoms with Crippen molar-refractivity contribution in [3.05, 3.63) is 29.6 Å². The Hall–Kier alpha value is -1.76. The second kappa shape index (κ2) is 6.98. The fourth-order valence-electron chi connectivity index (χ4n) is 1.60. The molecule has 1 rings (SSSR count). The fraction of sp³-hybridized carbons (Fsp3) is 0.417. The van der Waals surface area contributed by atoms with Crippen LogP contribution in [0.1, 0.15) is 10.4 Å². The molecule has 0 spiro atoms. The highest BCUT2D eigenvalue weighted by Gasteiger charge is 2.25. The maximum Gasteiger partial charge on any atom is 0.260 e. The molecule has 106 valence electrons. The van der Waals surface area contributed by atoms with Crippen LogP contribution in [-0.2, 0) is 0 Å². The van der Waals surface area contributed by atoms with E-state index in [4.69, 9.17) is 9.84 Å². The van der Waals surface area contributed by atoms with E-state index in [1.807, 2.05) is 0 Å². The molecule has 0 atom stereocenters. The van der Waals surface area contributed by atoms with Gasteiger partial charge in [-0.2, -0.15) is 0 Å². The number of amides is 1. The minimum Gasteiger partial charge on any atom is -0.496 e. The van der Waals surface area contributed by atoms with Gasteiger partial charge in [-0.1, -0.05) is 6.07 Å². The quantitative estimate of drug-likeness (QED) is 0.858. The molecular weight excluding hydrogens is 263 g/mol. The summed E-state index contributed by atoms with van der Waals surface area (Å²) in [5, 5.41) is 8.78. The number of aliphatic hydroxyl groups is 1. The van der Waals surface area contributed by atoms with Crippen molar-refractivity contribution in [2.45, 2.75) is 6.43 Å². The van der Waals surface area contributed by atoms with Crippen molar-refractivity contribution < 1.29 is 27.8 Å². The highest BCUT2D eigenvalue weighted by atomic mass is 19.3. The first-order chi connectivity index (χ1) is 9.01. The molecule has 19 heavy (non-hydrogen) atoms. The van der Waals surface area contributed by atoms with E-state index < -0.39 is 36.9 Å². The lowest BCUT2D eigenvalue weighted by Crippen LogP contribution is -2.37. The Labute approximate surface area is 108 Å². The maximum absolute atomic E-state index is 13.6. The molecule has 0 aliphatic heterocycles. The maximum atomic E-state index is 13.6. The summed E-state index contributed by atoms with van der Waals surface area (Å²) < 4.78 is 43.2. The first-order valence-corrected chi connectivity index (χ1v) is 5.52. The normalized spacial score (nSPS) is 10.6. The summed E-state index contributed by atoms with van der Waals surface area (Å²) >= 11 is 0. The lowest BCUT2D eigenvalue weighted by molar-refractivity contribution is 0.0502. The molecule has 0 radical (unpaired) electrons. The van der Waals surface area contributed by atoms with Crippen LogP contribution in [-0.4, -0.2) is 49.1 Å². The minimum atomic E-state index is -2.77. The zero-order valence-corrected chi connectivity index (χ0v) is 10.3. The van der Waals surface area contributed by atoms with Crippen LogP contribution >= 0.6 is 0 Å². The van der Waals surface area contributed by atoms with Crippen LogP contribution in [0.5, 0.6) is 5.75 Å². The van der Waals surface area contributed by atoms with Gasteiger partial charge >= 0.3 is 0 Å². The molecule has 4 nitrogen and oxygen atoms in total. The van der Waals surface area contributed by atoms with Crippen molar-refractivity contribution in [3.63, 3.8) is 0 Å². The van der Waals surface area contributed by atoms with Crippen LogP contribution in [0.2, 0.25) is 0 Å². The molecule has 0 aromatic heterocycles. The second-order valence-corrected chi connectivity index (χ2v) is 3.68. The molecule has 1 aromatic rings. The smallest absolute Gasteiger partial charge is 0.260 e. The number of halogens is 3. The Bertz CT molecular complexity index is 440. The standard InChI is InChI=1S/C12H14F3NO3/c1-19-9-4-2-3-8(13)11(9)12(18)16(5-6-17)7-10(14)15/h2-4,10,17H,5-7H2,1H3. The van der Waals surface area contributed by atoms with Crippen LogP contribution in [0.4, 0.5) is 13.2 Å². The summed E-state index contributed by atoms with van der Waals surface area (Å²) in [6.45, 7) is -1.67. The van der Waals surface area contributed by atoms with E-state index in [0.717, 1.165) is 6.07 Å². The molecule has 0 saturated heterocycles. The van der Waals surface area contributed by atoms with Crippen molar-refractivity contribution in [2.24, 2.45) is 0 Å². The summed E-state index contributed by atoms with van der Waals surface area (Å²) in [6.07, 6.45) is -2.77. The van der Waals surface area contributed by atoms with Gasteiger partial charge in [-0.25, -0.2) is 13.2 Å². The van der Waals surface area contributed by atoms with Gasteiger partial charge in [0.15, 0.2) is 0 Å². The van der Waals surface area contributed by atoms with E-state index in [2.05, 4.69) is 0 Å². The Morgan fingerprint density at radius 1 is 1.47 bits per heavy atom. The first-order valence-electron chi connectivity index (χ1n) is 5.52. The highest BCUT2D eigenvalue weighted by molar-refractivity contribution is 5.97. The number of alkyl halides is 2. The van der Waals surface area contributed by atoms with Crippen LogP contribution < -0.4 is 4.74 Å². The molecule has 0 aliphatic rings. The highest BCUT2D eigenvalue weighted by Crippen LogP contribution is 2.23. The fourth-order valence-corrected chi connectivity index (χ4v) is 1.60. The van der Waals surface area contributed by atoms with Crippen LogP contribution in [0, 0.1) is 5.82 Å². The van der Waals surface area contributed by atoms with Gasteiger partial charge in [0, 0.05) is 6.54 Å². The lowest BCUT2D eigenvalue weighted by Gasteiger charge is -2.22. The van der Waals surface area contributed by atoms with Crippen LogP contribution in [0.15, 0.2) is 18.2 Å². The Kier molecular flexibility index (Phi) is 5.62. The van der Waals surface area contributed by atoms with Crippen LogP contribution in [0.25, 0.3) is 0 Å².